The zero-order valence-electron chi connectivity index (χ0n) is 20.2. The monoisotopic (exact) mass is 466 g/mol. The fraction of sp³-hybridized carbons (Fsp3) is 0.370. The maximum Gasteiger partial charge on any atom is 0.508 e. The number of carbonyl (C=O) groups is 3. The van der Waals surface area contributed by atoms with E-state index in [4.69, 9.17) is 18.9 Å². The van der Waals surface area contributed by atoms with Gasteiger partial charge in [-0.25, -0.2) is 4.79 Å². The lowest BCUT2D eigenvalue weighted by atomic mass is 9.74. The summed E-state index contributed by atoms with van der Waals surface area (Å²) >= 11 is 0. The summed E-state index contributed by atoms with van der Waals surface area (Å²) in [6.45, 7) is 8.80. The third-order valence-electron chi connectivity index (χ3n) is 5.69. The second kappa shape index (κ2) is 10.5. The van der Waals surface area contributed by atoms with Crippen molar-refractivity contribution in [1.29, 1.82) is 0 Å². The van der Waals surface area contributed by atoms with Crippen molar-refractivity contribution >= 4 is 23.7 Å². The average molecular weight is 467 g/mol. The molecule has 1 aliphatic carbocycles. The summed E-state index contributed by atoms with van der Waals surface area (Å²) in [5, 5.41) is 0. The van der Waals surface area contributed by atoms with E-state index in [0.717, 1.165) is 11.1 Å². The van der Waals surface area contributed by atoms with E-state index >= 15 is 0 Å². The molecule has 0 N–H and O–H groups in total. The van der Waals surface area contributed by atoms with Gasteiger partial charge in [0.05, 0.1) is 19.8 Å². The van der Waals surface area contributed by atoms with Gasteiger partial charge in [-0.3, -0.25) is 9.59 Å². The van der Waals surface area contributed by atoms with Crippen LogP contribution in [-0.2, 0) is 34.0 Å². The van der Waals surface area contributed by atoms with E-state index in [0.29, 0.717) is 16.7 Å². The maximum atomic E-state index is 13.7. The summed E-state index contributed by atoms with van der Waals surface area (Å²) < 4.78 is 21.4. The number of fused-ring (bicyclic) bond motifs is 1. The predicted octanol–water partition coefficient (Wildman–Crippen LogP) is 4.74. The number of aryl methyl sites for hydroxylation is 1. The molecule has 0 aromatic heterocycles. The smallest absolute Gasteiger partial charge is 0.465 e. The maximum absolute atomic E-state index is 13.7. The topological polar surface area (TPSA) is 88.1 Å². The molecule has 0 saturated carbocycles. The third kappa shape index (κ3) is 4.30. The Morgan fingerprint density at radius 3 is 2.06 bits per heavy atom. The van der Waals surface area contributed by atoms with E-state index in [2.05, 4.69) is 0 Å². The van der Waals surface area contributed by atoms with Crippen LogP contribution in [0.3, 0.4) is 0 Å². The van der Waals surface area contributed by atoms with Crippen LogP contribution < -0.4 is 0 Å². The first-order chi connectivity index (χ1) is 16.3. The highest BCUT2D eigenvalue weighted by molar-refractivity contribution is 6.16. The van der Waals surface area contributed by atoms with Gasteiger partial charge < -0.3 is 18.9 Å². The number of rotatable bonds is 8. The first-order valence-corrected chi connectivity index (χ1v) is 11.4. The Hall–Kier alpha value is -3.61. The van der Waals surface area contributed by atoms with Crippen LogP contribution in [0.25, 0.3) is 5.57 Å². The van der Waals surface area contributed by atoms with Crippen LogP contribution in [0.15, 0.2) is 54.1 Å². The second-order valence-electron chi connectivity index (χ2n) is 7.84. The zero-order chi connectivity index (χ0) is 24.9. The van der Waals surface area contributed by atoms with Crippen molar-refractivity contribution in [3.63, 3.8) is 0 Å². The molecule has 2 aromatic rings. The SMILES string of the molecule is CCOC(=O)OC(C)C1=C(c2cccc(C)c2)c2ccccc2C1(C(=O)OCC)C(=O)OCC. The molecule has 0 radical (unpaired) electrons. The quantitative estimate of drug-likeness (QED) is 0.316. The van der Waals surface area contributed by atoms with E-state index < -0.39 is 29.6 Å². The molecule has 0 amide bonds. The van der Waals surface area contributed by atoms with Crippen LogP contribution in [0, 0.1) is 6.92 Å². The molecule has 7 heteroatoms. The average Bonchev–Trinajstić information content (AvgIpc) is 3.12. The largest absolute Gasteiger partial charge is 0.508 e. The minimum Gasteiger partial charge on any atom is -0.465 e. The molecule has 0 fully saturated rings. The Labute approximate surface area is 199 Å². The van der Waals surface area contributed by atoms with Crippen LogP contribution in [0.4, 0.5) is 4.79 Å². The van der Waals surface area contributed by atoms with Crippen LogP contribution in [0.1, 0.15) is 49.9 Å². The normalized spacial score (nSPS) is 14.7. The molecule has 0 spiro atoms. The van der Waals surface area contributed by atoms with Crippen LogP contribution in [0.5, 0.6) is 0 Å². The molecule has 3 rings (SSSR count). The first kappa shape index (κ1) is 25.0. The van der Waals surface area contributed by atoms with Gasteiger partial charge in [0.1, 0.15) is 6.10 Å². The van der Waals surface area contributed by atoms with E-state index in [-0.39, 0.29) is 25.4 Å². The molecular weight excluding hydrogens is 436 g/mol. The van der Waals surface area contributed by atoms with Gasteiger partial charge >= 0.3 is 18.1 Å². The van der Waals surface area contributed by atoms with Crippen molar-refractivity contribution in [1.82, 2.24) is 0 Å². The van der Waals surface area contributed by atoms with E-state index in [1.165, 1.54) is 0 Å². The minimum absolute atomic E-state index is 0.0579. The van der Waals surface area contributed by atoms with Gasteiger partial charge in [-0.1, -0.05) is 54.1 Å². The van der Waals surface area contributed by atoms with Gasteiger partial charge in [0, 0.05) is 5.57 Å². The number of hydrogen-bond acceptors (Lipinski definition) is 7. The van der Waals surface area contributed by atoms with Crippen molar-refractivity contribution in [2.24, 2.45) is 0 Å². The summed E-state index contributed by atoms with van der Waals surface area (Å²) in [4.78, 5) is 39.7. The summed E-state index contributed by atoms with van der Waals surface area (Å²) in [5.41, 5.74) is 1.83. The molecule has 1 unspecified atom stereocenters. The second-order valence-corrected chi connectivity index (χ2v) is 7.84. The van der Waals surface area contributed by atoms with Crippen molar-refractivity contribution in [2.75, 3.05) is 19.8 Å². The predicted molar refractivity (Wildman–Crippen MR) is 126 cm³/mol. The highest BCUT2D eigenvalue weighted by atomic mass is 16.7. The molecule has 0 saturated heterocycles. The van der Waals surface area contributed by atoms with Crippen molar-refractivity contribution in [3.8, 4) is 0 Å². The lowest BCUT2D eigenvalue weighted by molar-refractivity contribution is -0.163. The Balaban J connectivity index is 2.42. The minimum atomic E-state index is -1.94. The van der Waals surface area contributed by atoms with Gasteiger partial charge in [-0.15, -0.1) is 0 Å². The lowest BCUT2D eigenvalue weighted by Crippen LogP contribution is -2.49. The van der Waals surface area contributed by atoms with Crippen molar-refractivity contribution < 1.29 is 33.3 Å². The van der Waals surface area contributed by atoms with E-state index in [1.807, 2.05) is 43.3 Å². The molecule has 1 atom stereocenters. The molecule has 7 nitrogen and oxygen atoms in total. The number of benzene rings is 2. The Morgan fingerprint density at radius 1 is 0.853 bits per heavy atom. The van der Waals surface area contributed by atoms with Crippen molar-refractivity contribution in [2.45, 2.75) is 46.1 Å². The van der Waals surface area contributed by atoms with E-state index in [9.17, 15) is 14.4 Å². The molecule has 1 aliphatic rings. The fourth-order valence-corrected chi connectivity index (χ4v) is 4.48. The Morgan fingerprint density at radius 2 is 1.47 bits per heavy atom. The van der Waals surface area contributed by atoms with Gasteiger partial charge in [0.15, 0.2) is 0 Å². The molecule has 2 aromatic carbocycles. The van der Waals surface area contributed by atoms with Crippen LogP contribution in [-0.4, -0.2) is 44.0 Å². The molecule has 180 valence electrons. The highest BCUT2D eigenvalue weighted by Crippen LogP contribution is 2.52. The van der Waals surface area contributed by atoms with E-state index in [1.54, 1.807) is 39.8 Å². The van der Waals surface area contributed by atoms with Crippen LogP contribution >= 0.6 is 0 Å². The zero-order valence-corrected chi connectivity index (χ0v) is 20.2. The number of carbonyl (C=O) groups excluding carboxylic acids is 3. The van der Waals surface area contributed by atoms with Crippen molar-refractivity contribution in [3.05, 3.63) is 76.4 Å². The van der Waals surface area contributed by atoms with Gasteiger partial charge in [0.25, 0.3) is 0 Å². The van der Waals surface area contributed by atoms with Gasteiger partial charge in [0.2, 0.25) is 5.41 Å². The van der Waals surface area contributed by atoms with Crippen LogP contribution in [0.2, 0.25) is 0 Å². The molecule has 34 heavy (non-hydrogen) atoms. The molecule has 0 bridgehead atoms. The summed E-state index contributed by atoms with van der Waals surface area (Å²) in [7, 11) is 0. The molecule has 0 heterocycles. The number of ether oxygens (including phenoxy) is 4. The van der Waals surface area contributed by atoms with Gasteiger partial charge in [-0.2, -0.15) is 0 Å². The highest BCUT2D eigenvalue weighted by Gasteiger charge is 2.61. The fourth-order valence-electron chi connectivity index (χ4n) is 4.48. The first-order valence-electron chi connectivity index (χ1n) is 11.4. The number of esters is 2. The van der Waals surface area contributed by atoms with Gasteiger partial charge in [-0.05, 0) is 56.9 Å². The third-order valence-corrected chi connectivity index (χ3v) is 5.69. The summed E-state index contributed by atoms with van der Waals surface area (Å²) in [6, 6.07) is 14.8. The molecular formula is C27H30O7. The summed E-state index contributed by atoms with van der Waals surface area (Å²) in [6.07, 6.45) is -1.90. The summed E-state index contributed by atoms with van der Waals surface area (Å²) in [5.74, 6) is -1.56. The Bertz CT molecular complexity index is 1100. The molecule has 0 aliphatic heterocycles. The standard InChI is InChI=1S/C27H30O7/c1-6-31-24(28)27(25(29)32-7-2)21-15-10-9-14-20(21)22(19-13-11-12-17(4)16-19)23(27)18(5)34-26(30)33-8-3/h9-16,18H,6-8H2,1-5H3. The Kier molecular flexibility index (Phi) is 7.76. The lowest BCUT2D eigenvalue weighted by Gasteiger charge is -2.31. The number of hydrogen-bond donors (Lipinski definition) is 0.